The van der Waals surface area contributed by atoms with Gasteiger partial charge in [0, 0.05) is 17.4 Å². The molecule has 1 N–H and O–H groups in total. The van der Waals surface area contributed by atoms with Gasteiger partial charge in [0.15, 0.2) is 6.10 Å². The van der Waals surface area contributed by atoms with Crippen LogP contribution in [0.25, 0.3) is 10.8 Å². The number of fused-ring (bicyclic) bond motifs is 1. The maximum absolute atomic E-state index is 9.13. The van der Waals surface area contributed by atoms with Gasteiger partial charge in [0.05, 0.1) is 24.0 Å². The van der Waals surface area contributed by atoms with E-state index in [1.165, 1.54) is 0 Å². The van der Waals surface area contributed by atoms with Crippen molar-refractivity contribution in [2.75, 3.05) is 6.61 Å². The second kappa shape index (κ2) is 4.71. The van der Waals surface area contributed by atoms with Gasteiger partial charge in [-0.3, -0.25) is 0 Å². The Morgan fingerprint density at radius 1 is 1.26 bits per heavy atom. The number of aliphatic hydroxyl groups excluding tert-OH is 1. The average molecular weight is 252 g/mol. The Balaban J connectivity index is 2.14. The molecule has 0 fully saturated rings. The van der Waals surface area contributed by atoms with Gasteiger partial charge in [-0.05, 0) is 11.5 Å². The van der Waals surface area contributed by atoms with Gasteiger partial charge in [-0.2, -0.15) is 5.26 Å². The highest BCUT2D eigenvalue weighted by Crippen LogP contribution is 2.26. The molecule has 0 saturated heterocycles. The molecule has 0 saturated carbocycles. The minimum atomic E-state index is -0.260. The third kappa shape index (κ3) is 1.94. The summed E-state index contributed by atoms with van der Waals surface area (Å²) in [6, 6.07) is 13.6. The van der Waals surface area contributed by atoms with Crippen LogP contribution in [0.2, 0.25) is 0 Å². The molecule has 0 aromatic heterocycles. The maximum Gasteiger partial charge on any atom is 0.156 e. The number of aliphatic hydroxyl groups is 1. The van der Waals surface area contributed by atoms with E-state index in [1.54, 1.807) is 6.07 Å². The summed E-state index contributed by atoms with van der Waals surface area (Å²) in [5.41, 5.74) is 2.43. The standard InChI is InChI=1S/C15H12N2O2/c16-8-10-5-6-14(13-4-2-1-3-12(10)13)15-7-11(9-18)19-17-15/h1-6,11,18H,7,9H2. The van der Waals surface area contributed by atoms with Crippen molar-refractivity contribution in [1.82, 2.24) is 0 Å². The van der Waals surface area contributed by atoms with Crippen LogP contribution >= 0.6 is 0 Å². The summed E-state index contributed by atoms with van der Waals surface area (Å²) < 4.78 is 0. The Kier molecular flexibility index (Phi) is 2.90. The minimum absolute atomic E-state index is 0.0405. The van der Waals surface area contributed by atoms with Gasteiger partial charge >= 0.3 is 0 Å². The Morgan fingerprint density at radius 2 is 2.05 bits per heavy atom. The van der Waals surface area contributed by atoms with Crippen LogP contribution in [0.4, 0.5) is 0 Å². The highest BCUT2D eigenvalue weighted by molar-refractivity contribution is 6.12. The topological polar surface area (TPSA) is 65.6 Å². The maximum atomic E-state index is 9.13. The average Bonchev–Trinajstić information content (AvgIpc) is 2.95. The number of nitriles is 1. The molecule has 1 heterocycles. The Labute approximate surface area is 110 Å². The van der Waals surface area contributed by atoms with Crippen LogP contribution < -0.4 is 0 Å². The highest BCUT2D eigenvalue weighted by Gasteiger charge is 2.22. The molecule has 94 valence electrons. The zero-order valence-corrected chi connectivity index (χ0v) is 10.2. The molecule has 0 aliphatic carbocycles. The van der Waals surface area contributed by atoms with Crippen LogP contribution in [0, 0.1) is 11.3 Å². The van der Waals surface area contributed by atoms with Crippen LogP contribution in [0.15, 0.2) is 41.6 Å². The SMILES string of the molecule is N#Cc1ccc(C2=NOC(CO)C2)c2ccccc12. The first-order chi connectivity index (χ1) is 9.33. The summed E-state index contributed by atoms with van der Waals surface area (Å²) in [4.78, 5) is 5.15. The van der Waals surface area contributed by atoms with Crippen molar-refractivity contribution in [1.29, 1.82) is 5.26 Å². The van der Waals surface area contributed by atoms with Gasteiger partial charge in [-0.15, -0.1) is 0 Å². The lowest BCUT2D eigenvalue weighted by atomic mass is 9.95. The monoisotopic (exact) mass is 252 g/mol. The summed E-state index contributed by atoms with van der Waals surface area (Å²) >= 11 is 0. The number of hydrogen-bond acceptors (Lipinski definition) is 4. The molecule has 4 heteroatoms. The number of oxime groups is 1. The second-order valence-electron chi connectivity index (χ2n) is 4.47. The van der Waals surface area contributed by atoms with Gasteiger partial charge < -0.3 is 9.94 Å². The summed E-state index contributed by atoms with van der Waals surface area (Å²) in [5, 5.41) is 24.2. The smallest absolute Gasteiger partial charge is 0.156 e. The second-order valence-corrected chi connectivity index (χ2v) is 4.47. The van der Waals surface area contributed by atoms with Crippen molar-refractivity contribution in [3.8, 4) is 6.07 Å². The van der Waals surface area contributed by atoms with Gasteiger partial charge in [0.25, 0.3) is 0 Å². The van der Waals surface area contributed by atoms with E-state index in [4.69, 9.17) is 15.2 Å². The largest absolute Gasteiger partial charge is 0.392 e. The van der Waals surface area contributed by atoms with Crippen LogP contribution in [-0.4, -0.2) is 23.5 Å². The quantitative estimate of drug-likeness (QED) is 0.891. The van der Waals surface area contributed by atoms with E-state index >= 15 is 0 Å². The van der Waals surface area contributed by atoms with E-state index in [-0.39, 0.29) is 12.7 Å². The van der Waals surface area contributed by atoms with Crippen molar-refractivity contribution >= 4 is 16.5 Å². The fourth-order valence-corrected chi connectivity index (χ4v) is 2.33. The Morgan fingerprint density at radius 3 is 2.74 bits per heavy atom. The zero-order valence-electron chi connectivity index (χ0n) is 10.2. The minimum Gasteiger partial charge on any atom is -0.392 e. The predicted molar refractivity (Wildman–Crippen MR) is 71.8 cm³/mol. The molecular formula is C15H12N2O2. The first kappa shape index (κ1) is 11.7. The van der Waals surface area contributed by atoms with Crippen molar-refractivity contribution in [3.05, 3.63) is 47.5 Å². The number of benzene rings is 2. The normalized spacial score (nSPS) is 17.9. The van der Waals surface area contributed by atoms with Crippen LogP contribution in [0.1, 0.15) is 17.5 Å². The zero-order chi connectivity index (χ0) is 13.2. The van der Waals surface area contributed by atoms with E-state index < -0.39 is 0 Å². The Bertz CT molecular complexity index is 701. The molecule has 19 heavy (non-hydrogen) atoms. The lowest BCUT2D eigenvalue weighted by molar-refractivity contribution is 0.0390. The summed E-state index contributed by atoms with van der Waals surface area (Å²) in [5.74, 6) is 0. The van der Waals surface area contributed by atoms with Crippen LogP contribution in [0.3, 0.4) is 0 Å². The molecule has 3 rings (SSSR count). The molecule has 0 spiro atoms. The molecule has 1 unspecified atom stereocenters. The summed E-state index contributed by atoms with van der Waals surface area (Å²) in [6.07, 6.45) is 0.330. The molecule has 2 aromatic carbocycles. The molecule has 2 aromatic rings. The van der Waals surface area contributed by atoms with E-state index in [9.17, 15) is 0 Å². The van der Waals surface area contributed by atoms with Crippen molar-refractivity contribution in [2.45, 2.75) is 12.5 Å². The van der Waals surface area contributed by atoms with E-state index in [0.717, 1.165) is 22.0 Å². The van der Waals surface area contributed by atoms with Crippen molar-refractivity contribution in [2.24, 2.45) is 5.16 Å². The molecule has 0 bridgehead atoms. The molecule has 1 atom stereocenters. The van der Waals surface area contributed by atoms with Gasteiger partial charge in [-0.1, -0.05) is 35.5 Å². The van der Waals surface area contributed by atoms with Crippen molar-refractivity contribution in [3.63, 3.8) is 0 Å². The van der Waals surface area contributed by atoms with Crippen LogP contribution in [-0.2, 0) is 4.84 Å². The molecule has 0 amide bonds. The predicted octanol–water partition coefficient (Wildman–Crippen LogP) is 2.20. The third-order valence-corrected chi connectivity index (χ3v) is 3.29. The van der Waals surface area contributed by atoms with E-state index in [2.05, 4.69) is 11.2 Å². The van der Waals surface area contributed by atoms with Crippen molar-refractivity contribution < 1.29 is 9.94 Å². The van der Waals surface area contributed by atoms with Gasteiger partial charge in [0.2, 0.25) is 0 Å². The summed E-state index contributed by atoms with van der Waals surface area (Å²) in [6.45, 7) is -0.0405. The van der Waals surface area contributed by atoms with E-state index in [1.807, 2.05) is 30.3 Å². The lowest BCUT2D eigenvalue weighted by Gasteiger charge is -2.07. The number of rotatable bonds is 2. The first-order valence-electron chi connectivity index (χ1n) is 6.09. The molecule has 4 nitrogen and oxygen atoms in total. The fourth-order valence-electron chi connectivity index (χ4n) is 2.33. The fraction of sp³-hybridized carbons (Fsp3) is 0.200. The van der Waals surface area contributed by atoms with Gasteiger partial charge in [0.1, 0.15) is 0 Å². The third-order valence-electron chi connectivity index (χ3n) is 3.29. The summed E-state index contributed by atoms with van der Waals surface area (Å²) in [7, 11) is 0. The first-order valence-corrected chi connectivity index (χ1v) is 6.09. The van der Waals surface area contributed by atoms with E-state index in [0.29, 0.717) is 12.0 Å². The number of nitrogens with zero attached hydrogens (tertiary/aromatic N) is 2. The lowest BCUT2D eigenvalue weighted by Crippen LogP contribution is -2.13. The molecular weight excluding hydrogens is 240 g/mol. The molecule has 1 aliphatic heterocycles. The number of hydrogen-bond donors (Lipinski definition) is 1. The molecule has 1 aliphatic rings. The Hall–Kier alpha value is -2.38. The highest BCUT2D eigenvalue weighted by atomic mass is 16.6. The van der Waals surface area contributed by atoms with Crippen LogP contribution in [0.5, 0.6) is 0 Å². The molecule has 0 radical (unpaired) electrons. The van der Waals surface area contributed by atoms with Gasteiger partial charge in [-0.25, -0.2) is 0 Å².